The average Bonchev–Trinajstić information content (AvgIpc) is 2.96. The highest BCUT2D eigenvalue weighted by Gasteiger charge is 2.13. The number of nitrogens with two attached hydrogens (primary N) is 1. The zero-order valence-electron chi connectivity index (χ0n) is 8.38. The highest BCUT2D eigenvalue weighted by atomic mass is 15.4. The van der Waals surface area contributed by atoms with Crippen molar-refractivity contribution in [3.8, 4) is 23.0 Å². The van der Waals surface area contributed by atoms with E-state index in [2.05, 4.69) is 20.2 Å². The van der Waals surface area contributed by atoms with Crippen molar-refractivity contribution in [2.75, 3.05) is 5.84 Å². The molecule has 3 aromatic rings. The molecule has 4 N–H and O–H groups in total. The van der Waals surface area contributed by atoms with Gasteiger partial charge in [-0.3, -0.25) is 0 Å². The summed E-state index contributed by atoms with van der Waals surface area (Å²) in [4.78, 5) is 6.08. The summed E-state index contributed by atoms with van der Waals surface area (Å²) in [5, 5.41) is 8.10. The number of hydrogen-bond acceptors (Lipinski definition) is 3. The van der Waals surface area contributed by atoms with Crippen LogP contribution in [-0.2, 0) is 0 Å². The van der Waals surface area contributed by atoms with E-state index in [0.29, 0.717) is 11.6 Å². The number of hydrogen-bond donors (Lipinski definition) is 3. The first kappa shape index (κ1) is 8.78. The van der Waals surface area contributed by atoms with Crippen molar-refractivity contribution in [1.82, 2.24) is 24.8 Å². The van der Waals surface area contributed by atoms with E-state index in [1.807, 2.05) is 36.7 Å². The minimum atomic E-state index is 0.606. The smallest absolute Gasteiger partial charge is 0.199 e. The fourth-order valence-corrected chi connectivity index (χ4v) is 1.60. The Labute approximate surface area is 91.1 Å². The van der Waals surface area contributed by atoms with E-state index in [9.17, 15) is 0 Å². The van der Waals surface area contributed by atoms with Gasteiger partial charge in [0.15, 0.2) is 11.6 Å². The summed E-state index contributed by atoms with van der Waals surface area (Å²) in [7, 11) is 0. The molecule has 3 rings (SSSR count). The summed E-state index contributed by atoms with van der Waals surface area (Å²) >= 11 is 0. The standard InChI is InChI=1S/C10H10N6/c11-16-9(7-3-1-5-12-7)14-15-10(16)8-4-2-6-13-8/h1-6,12-13H,11H2. The number of nitrogens with zero attached hydrogens (tertiary/aromatic N) is 3. The van der Waals surface area contributed by atoms with Crippen molar-refractivity contribution >= 4 is 0 Å². The quantitative estimate of drug-likeness (QED) is 0.555. The van der Waals surface area contributed by atoms with Gasteiger partial charge >= 0.3 is 0 Å². The van der Waals surface area contributed by atoms with Crippen molar-refractivity contribution < 1.29 is 0 Å². The van der Waals surface area contributed by atoms with Gasteiger partial charge in [-0.1, -0.05) is 0 Å². The minimum absolute atomic E-state index is 0.606. The average molecular weight is 214 g/mol. The van der Waals surface area contributed by atoms with Crippen LogP contribution < -0.4 is 5.84 Å². The Morgan fingerprint density at radius 1 is 0.938 bits per heavy atom. The van der Waals surface area contributed by atoms with Crippen LogP contribution in [0.1, 0.15) is 0 Å². The lowest BCUT2D eigenvalue weighted by Crippen LogP contribution is -2.12. The third kappa shape index (κ3) is 1.20. The molecule has 0 aliphatic rings. The molecule has 0 aromatic carbocycles. The number of nitrogens with one attached hydrogen (secondary N) is 2. The molecule has 80 valence electrons. The molecule has 0 fully saturated rings. The zero-order chi connectivity index (χ0) is 11.0. The summed E-state index contributed by atoms with van der Waals surface area (Å²) in [6, 6.07) is 7.56. The number of aromatic amines is 2. The molecule has 16 heavy (non-hydrogen) atoms. The second kappa shape index (κ2) is 3.27. The van der Waals surface area contributed by atoms with Gasteiger partial charge in [0.2, 0.25) is 0 Å². The minimum Gasteiger partial charge on any atom is -0.359 e. The molecule has 3 aromatic heterocycles. The molecule has 0 atom stereocenters. The number of nitrogen functional groups attached to an aromatic ring is 1. The maximum Gasteiger partial charge on any atom is 0.199 e. The van der Waals surface area contributed by atoms with Crippen LogP contribution >= 0.6 is 0 Å². The van der Waals surface area contributed by atoms with Gasteiger partial charge in [0, 0.05) is 12.4 Å². The van der Waals surface area contributed by atoms with Gasteiger partial charge in [-0.2, -0.15) is 0 Å². The van der Waals surface area contributed by atoms with Crippen LogP contribution in [-0.4, -0.2) is 24.8 Å². The molecule has 0 saturated carbocycles. The highest BCUT2D eigenvalue weighted by Crippen LogP contribution is 2.19. The van der Waals surface area contributed by atoms with E-state index in [1.165, 1.54) is 4.68 Å². The maximum atomic E-state index is 5.94. The van der Waals surface area contributed by atoms with E-state index in [-0.39, 0.29) is 0 Å². The van der Waals surface area contributed by atoms with E-state index < -0.39 is 0 Å². The second-order valence-electron chi connectivity index (χ2n) is 3.38. The normalized spacial score (nSPS) is 10.8. The lowest BCUT2D eigenvalue weighted by atomic mass is 10.4. The van der Waals surface area contributed by atoms with Gasteiger partial charge in [0.05, 0.1) is 11.4 Å². The van der Waals surface area contributed by atoms with Crippen molar-refractivity contribution in [2.45, 2.75) is 0 Å². The molecule has 3 heterocycles. The fourth-order valence-electron chi connectivity index (χ4n) is 1.60. The van der Waals surface area contributed by atoms with E-state index >= 15 is 0 Å². The van der Waals surface area contributed by atoms with Crippen molar-refractivity contribution in [3.63, 3.8) is 0 Å². The van der Waals surface area contributed by atoms with Crippen LogP contribution in [0.25, 0.3) is 23.0 Å². The predicted molar refractivity (Wildman–Crippen MR) is 59.7 cm³/mol. The Hall–Kier alpha value is -2.50. The van der Waals surface area contributed by atoms with E-state index in [0.717, 1.165) is 11.4 Å². The highest BCUT2D eigenvalue weighted by molar-refractivity contribution is 5.57. The first-order chi connectivity index (χ1) is 7.86. The predicted octanol–water partition coefficient (Wildman–Crippen LogP) is 0.982. The molecule has 0 unspecified atom stereocenters. The molecule has 0 bridgehead atoms. The van der Waals surface area contributed by atoms with Crippen molar-refractivity contribution in [2.24, 2.45) is 0 Å². The zero-order valence-corrected chi connectivity index (χ0v) is 8.38. The van der Waals surface area contributed by atoms with Crippen LogP contribution in [0.3, 0.4) is 0 Å². The SMILES string of the molecule is Nn1c(-c2ccc[nH]2)nnc1-c1ccc[nH]1. The summed E-state index contributed by atoms with van der Waals surface area (Å²) < 4.78 is 1.46. The third-order valence-corrected chi connectivity index (χ3v) is 2.37. The van der Waals surface area contributed by atoms with Crippen molar-refractivity contribution in [3.05, 3.63) is 36.7 Å². The number of H-pyrrole nitrogens is 2. The lowest BCUT2D eigenvalue weighted by Gasteiger charge is -2.00. The molecule has 0 aliphatic heterocycles. The number of aromatic nitrogens is 5. The second-order valence-corrected chi connectivity index (χ2v) is 3.38. The summed E-state index contributed by atoms with van der Waals surface area (Å²) in [5.74, 6) is 7.15. The van der Waals surface area contributed by atoms with E-state index in [4.69, 9.17) is 5.84 Å². The van der Waals surface area contributed by atoms with E-state index in [1.54, 1.807) is 0 Å². The van der Waals surface area contributed by atoms with Gasteiger partial charge in [0.25, 0.3) is 0 Å². The van der Waals surface area contributed by atoms with Crippen LogP contribution in [0.2, 0.25) is 0 Å². The Kier molecular flexibility index (Phi) is 1.79. The van der Waals surface area contributed by atoms with Gasteiger partial charge in [-0.15, -0.1) is 10.2 Å². The maximum absolute atomic E-state index is 5.94. The molecule has 6 heteroatoms. The number of rotatable bonds is 2. The largest absolute Gasteiger partial charge is 0.359 e. The van der Waals surface area contributed by atoms with Crippen LogP contribution in [0, 0.1) is 0 Å². The first-order valence-corrected chi connectivity index (χ1v) is 4.84. The molecule has 6 nitrogen and oxygen atoms in total. The van der Waals surface area contributed by atoms with Gasteiger partial charge in [0.1, 0.15) is 0 Å². The molecule has 0 saturated heterocycles. The van der Waals surface area contributed by atoms with Crippen LogP contribution in [0.15, 0.2) is 36.7 Å². The molecule has 0 radical (unpaired) electrons. The summed E-state index contributed by atoms with van der Waals surface area (Å²) in [6.45, 7) is 0. The Balaban J connectivity index is 2.12. The molecular formula is C10H10N6. The Morgan fingerprint density at radius 2 is 1.44 bits per heavy atom. The van der Waals surface area contributed by atoms with Gasteiger partial charge in [-0.05, 0) is 24.3 Å². The van der Waals surface area contributed by atoms with Gasteiger partial charge in [-0.25, -0.2) is 4.68 Å². The molecule has 0 aliphatic carbocycles. The third-order valence-electron chi connectivity index (χ3n) is 2.37. The summed E-state index contributed by atoms with van der Waals surface area (Å²) in [6.07, 6.45) is 3.64. The topological polar surface area (TPSA) is 88.3 Å². The molecular weight excluding hydrogens is 204 g/mol. The van der Waals surface area contributed by atoms with Crippen molar-refractivity contribution in [1.29, 1.82) is 0 Å². The van der Waals surface area contributed by atoms with Gasteiger partial charge < -0.3 is 15.8 Å². The first-order valence-electron chi connectivity index (χ1n) is 4.84. The fraction of sp³-hybridized carbons (Fsp3) is 0. The monoisotopic (exact) mass is 214 g/mol. The molecule has 0 spiro atoms. The Bertz CT molecular complexity index is 523. The van der Waals surface area contributed by atoms with Crippen LogP contribution in [0.5, 0.6) is 0 Å². The Morgan fingerprint density at radius 3 is 1.81 bits per heavy atom. The summed E-state index contributed by atoms with van der Waals surface area (Å²) in [5.41, 5.74) is 1.68. The van der Waals surface area contributed by atoms with Crippen LogP contribution in [0.4, 0.5) is 0 Å². The lowest BCUT2D eigenvalue weighted by molar-refractivity contribution is 1.00. The molecule has 0 amide bonds.